The minimum Gasteiger partial charge on any atom is -0.496 e. The number of imidazole rings is 1. The predicted octanol–water partition coefficient (Wildman–Crippen LogP) is 1.94. The molecule has 0 aliphatic carbocycles. The molecule has 1 atom stereocenters. The number of benzene rings is 1. The van der Waals surface area contributed by atoms with Crippen LogP contribution in [0.15, 0.2) is 30.5 Å². The molecule has 0 spiro atoms. The van der Waals surface area contributed by atoms with Gasteiger partial charge in [-0.05, 0) is 19.1 Å². The summed E-state index contributed by atoms with van der Waals surface area (Å²) in [7, 11) is 1.57. The quantitative estimate of drug-likeness (QED) is 0.941. The van der Waals surface area contributed by atoms with Gasteiger partial charge in [0.2, 0.25) is 0 Å². The summed E-state index contributed by atoms with van der Waals surface area (Å²) < 4.78 is 10.8. The Morgan fingerprint density at radius 1 is 1.45 bits per heavy atom. The van der Waals surface area contributed by atoms with E-state index in [1.165, 1.54) is 0 Å². The number of nitrogens with one attached hydrogen (secondary N) is 1. The first kappa shape index (κ1) is 14.6. The molecular formula is C16H19N3O3. The number of nitrogens with zero attached hydrogens (tertiary/aromatic N) is 2. The van der Waals surface area contributed by atoms with Crippen LogP contribution in [0.1, 0.15) is 27.9 Å². The monoisotopic (exact) mass is 301 g/mol. The number of amides is 1. The van der Waals surface area contributed by atoms with Crippen LogP contribution in [0.3, 0.4) is 0 Å². The second kappa shape index (κ2) is 6.19. The van der Waals surface area contributed by atoms with Crippen LogP contribution in [-0.2, 0) is 4.74 Å². The SMILES string of the molecule is COc1ccccc1C(=O)N1CCOC[C@H]1c1ncc(C)[nH]1. The second-order valence-corrected chi connectivity index (χ2v) is 5.24. The lowest BCUT2D eigenvalue weighted by Gasteiger charge is -2.34. The van der Waals surface area contributed by atoms with Crippen molar-refractivity contribution in [2.45, 2.75) is 13.0 Å². The maximum atomic E-state index is 12.9. The normalized spacial score (nSPS) is 18.3. The second-order valence-electron chi connectivity index (χ2n) is 5.24. The lowest BCUT2D eigenvalue weighted by atomic mass is 10.1. The fraction of sp³-hybridized carbons (Fsp3) is 0.375. The molecule has 1 aromatic carbocycles. The van der Waals surface area contributed by atoms with E-state index in [1.807, 2.05) is 19.1 Å². The van der Waals surface area contributed by atoms with Gasteiger partial charge < -0.3 is 19.4 Å². The molecule has 1 aliphatic heterocycles. The van der Waals surface area contributed by atoms with Crippen molar-refractivity contribution in [1.29, 1.82) is 0 Å². The van der Waals surface area contributed by atoms with Crippen molar-refractivity contribution >= 4 is 5.91 Å². The minimum atomic E-state index is -0.208. The number of para-hydroxylation sites is 1. The molecule has 6 nitrogen and oxygen atoms in total. The van der Waals surface area contributed by atoms with Crippen LogP contribution in [0.25, 0.3) is 0 Å². The number of hydrogen-bond donors (Lipinski definition) is 1. The maximum Gasteiger partial charge on any atom is 0.258 e. The highest BCUT2D eigenvalue weighted by Crippen LogP contribution is 2.27. The van der Waals surface area contributed by atoms with E-state index in [-0.39, 0.29) is 11.9 Å². The molecule has 2 aromatic rings. The highest BCUT2D eigenvalue weighted by Gasteiger charge is 2.32. The number of methoxy groups -OCH3 is 1. The topological polar surface area (TPSA) is 67.4 Å². The number of aromatic amines is 1. The highest BCUT2D eigenvalue weighted by molar-refractivity contribution is 5.97. The van der Waals surface area contributed by atoms with Crippen LogP contribution in [0.4, 0.5) is 0 Å². The number of ether oxygens (including phenoxy) is 2. The Labute approximate surface area is 129 Å². The van der Waals surface area contributed by atoms with Gasteiger partial charge in [0.05, 0.1) is 25.9 Å². The summed E-state index contributed by atoms with van der Waals surface area (Å²) in [6.45, 7) is 3.43. The van der Waals surface area contributed by atoms with E-state index in [0.717, 1.165) is 11.5 Å². The third-order valence-corrected chi connectivity index (χ3v) is 3.76. The van der Waals surface area contributed by atoms with E-state index >= 15 is 0 Å². The van der Waals surface area contributed by atoms with Gasteiger partial charge in [0, 0.05) is 18.4 Å². The fourth-order valence-corrected chi connectivity index (χ4v) is 2.65. The van der Waals surface area contributed by atoms with Crippen molar-refractivity contribution in [3.8, 4) is 5.75 Å². The van der Waals surface area contributed by atoms with Gasteiger partial charge in [-0.15, -0.1) is 0 Å². The Bertz CT molecular complexity index is 668. The van der Waals surface area contributed by atoms with E-state index in [4.69, 9.17) is 9.47 Å². The van der Waals surface area contributed by atoms with Gasteiger partial charge in [-0.1, -0.05) is 12.1 Å². The van der Waals surface area contributed by atoms with E-state index in [0.29, 0.717) is 31.1 Å². The molecule has 22 heavy (non-hydrogen) atoms. The van der Waals surface area contributed by atoms with Crippen molar-refractivity contribution in [1.82, 2.24) is 14.9 Å². The molecule has 1 N–H and O–H groups in total. The smallest absolute Gasteiger partial charge is 0.258 e. The van der Waals surface area contributed by atoms with Crippen molar-refractivity contribution < 1.29 is 14.3 Å². The third-order valence-electron chi connectivity index (χ3n) is 3.76. The average molecular weight is 301 g/mol. The van der Waals surface area contributed by atoms with Gasteiger partial charge in [0.1, 0.15) is 17.6 Å². The van der Waals surface area contributed by atoms with Crippen LogP contribution in [0, 0.1) is 6.92 Å². The number of morpholine rings is 1. The number of hydrogen-bond acceptors (Lipinski definition) is 4. The fourth-order valence-electron chi connectivity index (χ4n) is 2.65. The number of carbonyl (C=O) groups excluding carboxylic acids is 1. The van der Waals surface area contributed by atoms with E-state index in [1.54, 1.807) is 30.3 Å². The molecule has 1 fully saturated rings. The summed E-state index contributed by atoms with van der Waals surface area (Å²) in [5.74, 6) is 1.26. The Hall–Kier alpha value is -2.34. The standard InChI is InChI=1S/C16H19N3O3/c1-11-9-17-15(18-11)13-10-22-8-7-19(13)16(20)12-5-3-4-6-14(12)21-2/h3-6,9,13H,7-8,10H2,1-2H3,(H,17,18)/t13-/m0/s1. The number of rotatable bonds is 3. The number of H-pyrrole nitrogens is 1. The predicted molar refractivity (Wildman–Crippen MR) is 80.9 cm³/mol. The molecular weight excluding hydrogens is 282 g/mol. The lowest BCUT2D eigenvalue weighted by Crippen LogP contribution is -2.44. The van der Waals surface area contributed by atoms with Gasteiger partial charge in [0.25, 0.3) is 5.91 Å². The molecule has 0 saturated carbocycles. The van der Waals surface area contributed by atoms with Crippen LogP contribution in [-0.4, -0.2) is 47.6 Å². The zero-order valence-corrected chi connectivity index (χ0v) is 12.7. The number of aromatic nitrogens is 2. The largest absolute Gasteiger partial charge is 0.496 e. The molecule has 2 heterocycles. The summed E-state index contributed by atoms with van der Waals surface area (Å²) >= 11 is 0. The Morgan fingerprint density at radius 3 is 3.00 bits per heavy atom. The molecule has 1 aromatic heterocycles. The third kappa shape index (κ3) is 2.69. The zero-order valence-electron chi connectivity index (χ0n) is 12.7. The molecule has 1 amide bonds. The van der Waals surface area contributed by atoms with E-state index in [9.17, 15) is 4.79 Å². The van der Waals surface area contributed by atoms with Gasteiger partial charge >= 0.3 is 0 Å². The summed E-state index contributed by atoms with van der Waals surface area (Å²) in [6.07, 6.45) is 1.76. The van der Waals surface area contributed by atoms with Crippen molar-refractivity contribution in [3.05, 3.63) is 47.5 Å². The lowest BCUT2D eigenvalue weighted by molar-refractivity contribution is -0.00515. The highest BCUT2D eigenvalue weighted by atomic mass is 16.5. The number of carbonyl (C=O) groups is 1. The van der Waals surface area contributed by atoms with E-state index in [2.05, 4.69) is 9.97 Å². The minimum absolute atomic E-state index is 0.0696. The molecule has 6 heteroatoms. The molecule has 3 rings (SSSR count). The van der Waals surface area contributed by atoms with Gasteiger partial charge in [-0.25, -0.2) is 4.98 Å². The molecule has 0 radical (unpaired) electrons. The molecule has 1 aliphatic rings. The maximum absolute atomic E-state index is 12.9. The Kier molecular flexibility index (Phi) is 4.11. The van der Waals surface area contributed by atoms with Crippen molar-refractivity contribution in [3.63, 3.8) is 0 Å². The van der Waals surface area contributed by atoms with Crippen molar-refractivity contribution in [2.75, 3.05) is 26.9 Å². The van der Waals surface area contributed by atoms with E-state index < -0.39 is 0 Å². The first-order chi connectivity index (χ1) is 10.7. The number of aryl methyl sites for hydroxylation is 1. The molecule has 0 bridgehead atoms. The van der Waals surface area contributed by atoms with Crippen LogP contribution < -0.4 is 4.74 Å². The first-order valence-electron chi connectivity index (χ1n) is 7.24. The molecule has 116 valence electrons. The van der Waals surface area contributed by atoms with Crippen LogP contribution >= 0.6 is 0 Å². The average Bonchev–Trinajstić information content (AvgIpc) is 3.00. The zero-order chi connectivity index (χ0) is 15.5. The van der Waals surface area contributed by atoms with Gasteiger partial charge in [-0.2, -0.15) is 0 Å². The summed E-state index contributed by atoms with van der Waals surface area (Å²) in [5.41, 5.74) is 1.52. The summed E-state index contributed by atoms with van der Waals surface area (Å²) in [5, 5.41) is 0. The Balaban J connectivity index is 1.91. The summed E-state index contributed by atoms with van der Waals surface area (Å²) in [6, 6.07) is 7.05. The van der Waals surface area contributed by atoms with Gasteiger partial charge in [0.15, 0.2) is 0 Å². The van der Waals surface area contributed by atoms with Crippen LogP contribution in [0.5, 0.6) is 5.75 Å². The van der Waals surface area contributed by atoms with Crippen molar-refractivity contribution in [2.24, 2.45) is 0 Å². The van der Waals surface area contributed by atoms with Gasteiger partial charge in [-0.3, -0.25) is 4.79 Å². The molecule has 0 unspecified atom stereocenters. The summed E-state index contributed by atoms with van der Waals surface area (Å²) in [4.78, 5) is 22.3. The van der Waals surface area contributed by atoms with Crippen LogP contribution in [0.2, 0.25) is 0 Å². The molecule has 1 saturated heterocycles. The first-order valence-corrected chi connectivity index (χ1v) is 7.24. The Morgan fingerprint density at radius 2 is 2.27 bits per heavy atom.